The van der Waals surface area contributed by atoms with Gasteiger partial charge in [-0.05, 0) is 37.1 Å². The van der Waals surface area contributed by atoms with Gasteiger partial charge in [-0.2, -0.15) is 0 Å². The maximum Gasteiger partial charge on any atom is 0.338 e. The topological polar surface area (TPSA) is 134 Å². The van der Waals surface area contributed by atoms with Crippen molar-refractivity contribution in [2.45, 2.75) is 37.0 Å². The number of rotatable bonds is 7. The molecule has 0 bridgehead atoms. The molecule has 1 aliphatic carbocycles. The molecule has 1 fully saturated rings. The molecule has 11 heteroatoms. The number of esters is 1. The number of fused-ring (bicyclic) bond motifs is 1. The summed E-state index contributed by atoms with van der Waals surface area (Å²) in [6, 6.07) is 8.00. The fourth-order valence-electron chi connectivity index (χ4n) is 2.98. The molecule has 0 aromatic heterocycles. The third-order valence-corrected chi connectivity index (χ3v) is 6.18. The number of ether oxygens (including phenoxy) is 3. The van der Waals surface area contributed by atoms with Crippen LogP contribution < -0.4 is 9.46 Å². The van der Waals surface area contributed by atoms with E-state index in [0.717, 1.165) is 12.8 Å². The largest absolute Gasteiger partial charge is 0.467 e. The lowest BCUT2D eigenvalue weighted by Gasteiger charge is -2.20. The molecule has 2 aliphatic rings. The van der Waals surface area contributed by atoms with E-state index < -0.39 is 20.9 Å². The first-order valence-electron chi connectivity index (χ1n) is 9.14. The molecule has 1 saturated carbocycles. The zero-order valence-corrected chi connectivity index (χ0v) is 16.5. The number of nitrogens with zero attached hydrogens (tertiary/aromatic N) is 1. The number of nitro groups is 1. The van der Waals surface area contributed by atoms with Crippen LogP contribution in [0.1, 0.15) is 34.3 Å². The molecule has 2 aromatic rings. The SMILES string of the molecule is O=C(OCc1cc([N+](=O)[O-])cc2c1OCOC2)c1ccc(S(=O)(=O)NC2CC2)cc1. The third-order valence-electron chi connectivity index (χ3n) is 4.64. The fourth-order valence-corrected chi connectivity index (χ4v) is 4.28. The van der Waals surface area contributed by atoms with E-state index in [1.807, 2.05) is 0 Å². The Bertz CT molecular complexity index is 1090. The lowest BCUT2D eigenvalue weighted by Crippen LogP contribution is -2.25. The third kappa shape index (κ3) is 4.42. The maximum absolute atomic E-state index is 12.4. The minimum atomic E-state index is -3.61. The highest BCUT2D eigenvalue weighted by Gasteiger charge is 2.28. The molecule has 4 rings (SSSR count). The number of nitrogens with one attached hydrogen (secondary N) is 1. The molecule has 0 saturated heterocycles. The quantitative estimate of drug-likeness (QED) is 0.398. The second-order valence-corrected chi connectivity index (χ2v) is 8.67. The van der Waals surface area contributed by atoms with Gasteiger partial charge in [0, 0.05) is 29.3 Å². The average molecular weight is 434 g/mol. The monoisotopic (exact) mass is 434 g/mol. The summed E-state index contributed by atoms with van der Waals surface area (Å²) < 4.78 is 42.8. The summed E-state index contributed by atoms with van der Waals surface area (Å²) >= 11 is 0. The van der Waals surface area contributed by atoms with Crippen molar-refractivity contribution in [1.82, 2.24) is 4.72 Å². The lowest BCUT2D eigenvalue weighted by atomic mass is 10.1. The van der Waals surface area contributed by atoms with E-state index in [-0.39, 0.29) is 42.2 Å². The first-order chi connectivity index (χ1) is 14.3. The van der Waals surface area contributed by atoms with Gasteiger partial charge in [-0.25, -0.2) is 17.9 Å². The molecule has 10 nitrogen and oxygen atoms in total. The molecule has 0 radical (unpaired) electrons. The number of hydrogen-bond donors (Lipinski definition) is 1. The molecule has 0 spiro atoms. The van der Waals surface area contributed by atoms with E-state index >= 15 is 0 Å². The Balaban J connectivity index is 1.47. The van der Waals surface area contributed by atoms with Gasteiger partial charge in [0.2, 0.25) is 10.0 Å². The summed E-state index contributed by atoms with van der Waals surface area (Å²) in [5.74, 6) is -0.298. The molecule has 1 heterocycles. The molecular formula is C19H18N2O8S. The molecule has 158 valence electrons. The molecule has 1 N–H and O–H groups in total. The van der Waals surface area contributed by atoms with Crippen molar-refractivity contribution in [3.8, 4) is 5.75 Å². The average Bonchev–Trinajstić information content (AvgIpc) is 3.55. The van der Waals surface area contributed by atoms with E-state index in [1.165, 1.54) is 36.4 Å². The second-order valence-electron chi connectivity index (χ2n) is 6.96. The Labute approximate surface area is 171 Å². The zero-order chi connectivity index (χ0) is 21.3. The summed E-state index contributed by atoms with van der Waals surface area (Å²) in [7, 11) is -3.61. The van der Waals surface area contributed by atoms with Crippen LogP contribution in [-0.2, 0) is 32.7 Å². The van der Waals surface area contributed by atoms with Gasteiger partial charge in [-0.3, -0.25) is 10.1 Å². The van der Waals surface area contributed by atoms with E-state index in [1.54, 1.807) is 0 Å². The zero-order valence-electron chi connectivity index (χ0n) is 15.7. The fraction of sp³-hybridized carbons (Fsp3) is 0.316. The molecule has 30 heavy (non-hydrogen) atoms. The molecule has 1 aliphatic heterocycles. The van der Waals surface area contributed by atoms with Gasteiger partial charge in [0.25, 0.3) is 5.69 Å². The van der Waals surface area contributed by atoms with E-state index in [9.17, 15) is 23.3 Å². The normalized spacial score (nSPS) is 15.7. The Hall–Kier alpha value is -3.02. The van der Waals surface area contributed by atoms with Crippen LogP contribution in [0.15, 0.2) is 41.3 Å². The van der Waals surface area contributed by atoms with Crippen molar-refractivity contribution in [2.24, 2.45) is 0 Å². The highest BCUT2D eigenvalue weighted by atomic mass is 32.2. The van der Waals surface area contributed by atoms with Gasteiger partial charge >= 0.3 is 5.97 Å². The number of carbonyl (C=O) groups is 1. The van der Waals surface area contributed by atoms with Gasteiger partial charge < -0.3 is 14.2 Å². The number of benzene rings is 2. The molecule has 0 unspecified atom stereocenters. The highest BCUT2D eigenvalue weighted by Crippen LogP contribution is 2.33. The van der Waals surface area contributed by atoms with Crippen molar-refractivity contribution in [1.29, 1.82) is 0 Å². The number of non-ortho nitro benzene ring substituents is 1. The Morgan fingerprint density at radius 1 is 1.23 bits per heavy atom. The number of carbonyl (C=O) groups excluding carboxylic acids is 1. The summed E-state index contributed by atoms with van der Waals surface area (Å²) in [6.07, 6.45) is 1.64. The Morgan fingerprint density at radius 2 is 1.97 bits per heavy atom. The van der Waals surface area contributed by atoms with E-state index in [0.29, 0.717) is 16.9 Å². The van der Waals surface area contributed by atoms with Crippen LogP contribution in [0.3, 0.4) is 0 Å². The van der Waals surface area contributed by atoms with Crippen molar-refractivity contribution >= 4 is 21.7 Å². The van der Waals surface area contributed by atoms with Crippen LogP contribution in [0.4, 0.5) is 5.69 Å². The first kappa shape index (κ1) is 20.3. The van der Waals surface area contributed by atoms with Crippen LogP contribution in [-0.4, -0.2) is 32.1 Å². The van der Waals surface area contributed by atoms with Gasteiger partial charge in [0.15, 0.2) is 6.79 Å². The summed E-state index contributed by atoms with van der Waals surface area (Å²) in [5.41, 5.74) is 0.846. The molecule has 2 aromatic carbocycles. The highest BCUT2D eigenvalue weighted by molar-refractivity contribution is 7.89. The predicted molar refractivity (Wildman–Crippen MR) is 102 cm³/mol. The van der Waals surface area contributed by atoms with Crippen LogP contribution in [0.2, 0.25) is 0 Å². The summed E-state index contributed by atoms with van der Waals surface area (Å²) in [5, 5.41) is 11.1. The number of nitro benzene ring substituents is 1. The Kier molecular flexibility index (Phi) is 5.41. The smallest absolute Gasteiger partial charge is 0.338 e. The van der Waals surface area contributed by atoms with Crippen molar-refractivity contribution < 1.29 is 32.3 Å². The summed E-state index contributed by atoms with van der Waals surface area (Å²) in [4.78, 5) is 23.0. The molecule has 0 atom stereocenters. The van der Waals surface area contributed by atoms with Crippen molar-refractivity contribution in [3.05, 3.63) is 63.2 Å². The van der Waals surface area contributed by atoms with Crippen LogP contribution in [0.25, 0.3) is 0 Å². The standard InChI is InChI=1S/C19H18N2O8S/c22-19(12-1-5-17(6-2-12)30(25,26)20-15-3-4-15)28-10-14-8-16(21(23)24)7-13-9-27-11-29-18(13)14/h1-2,5-8,15,20H,3-4,9-11H2. The van der Waals surface area contributed by atoms with Gasteiger partial charge in [0.05, 0.1) is 22.0 Å². The van der Waals surface area contributed by atoms with E-state index in [4.69, 9.17) is 14.2 Å². The lowest BCUT2D eigenvalue weighted by molar-refractivity contribution is -0.385. The maximum atomic E-state index is 12.4. The van der Waals surface area contributed by atoms with Crippen LogP contribution >= 0.6 is 0 Å². The van der Waals surface area contributed by atoms with Crippen molar-refractivity contribution in [2.75, 3.05) is 6.79 Å². The van der Waals surface area contributed by atoms with Crippen LogP contribution in [0.5, 0.6) is 5.75 Å². The number of hydrogen-bond acceptors (Lipinski definition) is 8. The minimum Gasteiger partial charge on any atom is -0.467 e. The minimum absolute atomic E-state index is 0.00339. The summed E-state index contributed by atoms with van der Waals surface area (Å²) in [6.45, 7) is -0.0918. The molecular weight excluding hydrogens is 416 g/mol. The van der Waals surface area contributed by atoms with Crippen molar-refractivity contribution in [3.63, 3.8) is 0 Å². The van der Waals surface area contributed by atoms with Gasteiger partial charge in [0.1, 0.15) is 12.4 Å². The van der Waals surface area contributed by atoms with E-state index in [2.05, 4.69) is 4.72 Å². The second kappa shape index (κ2) is 8.01. The predicted octanol–water partition coefficient (Wildman–Crippen LogP) is 2.26. The first-order valence-corrected chi connectivity index (χ1v) is 10.6. The van der Waals surface area contributed by atoms with Crippen LogP contribution in [0, 0.1) is 10.1 Å². The number of sulfonamides is 1. The van der Waals surface area contributed by atoms with Gasteiger partial charge in [-0.15, -0.1) is 0 Å². The van der Waals surface area contributed by atoms with Gasteiger partial charge in [-0.1, -0.05) is 0 Å². The molecule has 0 amide bonds. The Morgan fingerprint density at radius 3 is 2.63 bits per heavy atom.